The molecular formula is C47H74N16O20S3. The second kappa shape index (κ2) is 41.5. The maximum Gasteiger partial charge on any atom is 0.327 e. The third-order valence-electron chi connectivity index (χ3n) is 11.7. The molecule has 3 heterocycles. The van der Waals surface area contributed by atoms with Gasteiger partial charge in [0.15, 0.2) is 0 Å². The Morgan fingerprint density at radius 1 is 0.372 bits per heavy atom. The van der Waals surface area contributed by atoms with Crippen LogP contribution in [0.2, 0.25) is 0 Å². The van der Waals surface area contributed by atoms with Crippen LogP contribution in [0, 0.1) is 0 Å². The molecule has 3 aliphatic rings. The van der Waals surface area contributed by atoms with Gasteiger partial charge < -0.3 is 104 Å². The summed E-state index contributed by atoms with van der Waals surface area (Å²) < 4.78 is 17.6. The van der Waals surface area contributed by atoms with Crippen molar-refractivity contribution in [2.24, 2.45) is 5.73 Å². The average Bonchev–Trinajstić information content (AvgIpc) is 3.63. The van der Waals surface area contributed by atoms with E-state index in [1.807, 2.05) is 0 Å². The number of hydrogen-bond donors (Lipinski definition) is 14. The molecule has 3 rings (SSSR count). The molecule has 0 unspecified atom stereocenters. The number of fused-ring (bicyclic) bond motifs is 14. The van der Waals surface area contributed by atoms with Gasteiger partial charge in [0.05, 0.1) is 128 Å². The van der Waals surface area contributed by atoms with E-state index in [0.29, 0.717) is 0 Å². The molecule has 0 aromatic heterocycles. The van der Waals surface area contributed by atoms with Crippen molar-refractivity contribution in [3.8, 4) is 0 Å². The number of nitrogens with zero attached hydrogens (tertiary/aromatic N) is 3. The van der Waals surface area contributed by atoms with Crippen LogP contribution in [-0.2, 0) is 90.9 Å². The lowest BCUT2D eigenvalue weighted by molar-refractivity contribution is -0.141. The highest BCUT2D eigenvalue weighted by Crippen LogP contribution is 2.10. The van der Waals surface area contributed by atoms with Crippen molar-refractivity contribution >= 4 is 130 Å². The Labute approximate surface area is 505 Å². The lowest BCUT2D eigenvalue weighted by Gasteiger charge is -2.26. The van der Waals surface area contributed by atoms with Crippen molar-refractivity contribution in [3.63, 3.8) is 0 Å². The number of aliphatic carboxylic acids is 1. The van der Waals surface area contributed by atoms with Gasteiger partial charge in [-0.15, -0.1) is 35.3 Å². The van der Waals surface area contributed by atoms with Crippen molar-refractivity contribution in [1.29, 1.82) is 0 Å². The zero-order valence-electron chi connectivity index (χ0n) is 46.9. The Bertz CT molecular complexity index is 2420. The topological polar surface area (TPSA) is 501 Å². The van der Waals surface area contributed by atoms with E-state index in [0.717, 1.165) is 35.3 Å². The number of carboxylic acids is 1. The minimum absolute atomic E-state index is 0.00325. The zero-order valence-corrected chi connectivity index (χ0v) is 49.3. The standard InChI is InChI=1S/C47H74N16O20S3/c48-29-23-84-26-42(74)61-1-7-81-9-3-62-4-10-83-12-6-63(5-11-82-8-2-61)44(76)28-86-25-31(47(79)80)60-41(73)22-56-37(69)18-52-33(65)14-50-35(67)16-54-39(71)20-58-46(78)30(24-85-27-43(62)75)59-40(72)21-55-36(68)17-51-32(64)13-49-34(66)15-53-38(70)19-57-45(29)77/h29-31H,1-28,48H2,(H,49,66)(H,50,67)(H,51,64)(H,52,65)(H,53,70)(H,54,71)(H,55,68)(H,56,69)(H,57,77)(H,58,78)(H,59,72)(H,60,73)(H,79,80)/t29-,30-,31-/m0/s1. The summed E-state index contributed by atoms with van der Waals surface area (Å²) in [6, 6.07) is -4.14. The number of hydrogen-bond acceptors (Lipinski definition) is 23. The van der Waals surface area contributed by atoms with E-state index >= 15 is 0 Å². The third kappa shape index (κ3) is 32.1. The van der Waals surface area contributed by atoms with Crippen LogP contribution in [0.25, 0.3) is 0 Å². The highest BCUT2D eigenvalue weighted by molar-refractivity contribution is 8.00. The van der Waals surface area contributed by atoms with Crippen molar-refractivity contribution in [1.82, 2.24) is 78.5 Å². The monoisotopic (exact) mass is 1280 g/mol. The fourth-order valence-corrected chi connectivity index (χ4v) is 9.72. The van der Waals surface area contributed by atoms with Crippen LogP contribution in [0.3, 0.4) is 0 Å². The largest absolute Gasteiger partial charge is 0.480 e. The molecule has 3 aliphatic heterocycles. The van der Waals surface area contributed by atoms with Crippen LogP contribution < -0.4 is 69.5 Å². The summed E-state index contributed by atoms with van der Waals surface area (Å²) in [5.41, 5.74) is 6.03. The van der Waals surface area contributed by atoms with Crippen LogP contribution in [0.1, 0.15) is 0 Å². The van der Waals surface area contributed by atoms with Crippen LogP contribution in [0.5, 0.6) is 0 Å². The molecule has 15 amide bonds. The first-order valence-electron chi connectivity index (χ1n) is 26.7. The summed E-state index contributed by atoms with van der Waals surface area (Å²) in [5.74, 6) is -14.5. The maximum atomic E-state index is 13.9. The van der Waals surface area contributed by atoms with Crippen LogP contribution in [-0.4, -0.2) is 311 Å². The molecule has 0 aromatic carbocycles. The molecule has 86 heavy (non-hydrogen) atoms. The fraction of sp³-hybridized carbons (Fsp3) is 0.660. The van der Waals surface area contributed by atoms with Gasteiger partial charge in [-0.2, -0.15) is 0 Å². The van der Waals surface area contributed by atoms with Crippen LogP contribution >= 0.6 is 35.3 Å². The number of carbonyl (C=O) groups excluding carboxylic acids is 15. The Morgan fingerprint density at radius 3 is 0.965 bits per heavy atom. The predicted molar refractivity (Wildman–Crippen MR) is 304 cm³/mol. The van der Waals surface area contributed by atoms with Gasteiger partial charge in [-0.25, -0.2) is 4.79 Å². The number of rotatable bonds is 1. The summed E-state index contributed by atoms with van der Waals surface area (Å²) in [6.07, 6.45) is 0. The number of nitrogens with one attached hydrogen (secondary N) is 12. The van der Waals surface area contributed by atoms with Gasteiger partial charge in [-0.3, -0.25) is 71.9 Å². The van der Waals surface area contributed by atoms with Gasteiger partial charge >= 0.3 is 5.97 Å². The lowest BCUT2D eigenvalue weighted by Crippen LogP contribution is -2.53. The molecule has 0 saturated carbocycles. The molecule has 3 fully saturated rings. The fourth-order valence-electron chi connectivity index (χ4n) is 6.96. The van der Waals surface area contributed by atoms with Gasteiger partial charge in [0.25, 0.3) is 0 Å². The van der Waals surface area contributed by atoms with E-state index in [1.165, 1.54) is 14.7 Å². The van der Waals surface area contributed by atoms with E-state index in [2.05, 4.69) is 63.8 Å². The molecule has 3 atom stereocenters. The number of amides is 15. The molecule has 4 bridgehead atoms. The second-order valence-corrected chi connectivity index (χ2v) is 21.5. The van der Waals surface area contributed by atoms with Gasteiger partial charge in [0.2, 0.25) is 88.6 Å². The summed E-state index contributed by atoms with van der Waals surface area (Å²) >= 11 is 2.80. The number of nitrogens with two attached hydrogens (primary N) is 1. The smallest absolute Gasteiger partial charge is 0.327 e. The molecular weight excluding hydrogens is 1200 g/mol. The first kappa shape index (κ1) is 72.7. The van der Waals surface area contributed by atoms with E-state index in [4.69, 9.17) is 19.9 Å². The third-order valence-corrected chi connectivity index (χ3v) is 14.8. The molecule has 0 aliphatic carbocycles. The zero-order chi connectivity index (χ0) is 63.2. The van der Waals surface area contributed by atoms with E-state index < -0.39 is 178 Å². The first-order chi connectivity index (χ1) is 41.1. The summed E-state index contributed by atoms with van der Waals surface area (Å²) in [4.78, 5) is 209. The molecule has 0 aromatic rings. The SMILES string of the molecule is N[C@H]1CSCC(=O)N2CCOCCN3CCOCCN(CCOCC2)C(=O)CSC[C@H](NC(=O)CNC(=O)CNC(=O)CNC(=O)CNC(=O)CNC1=O)C(=O)NCC(=O)NCC(=O)NCC(=O)NCC(=O)NCC(=O)N[C@H](C(=O)O)CSCC3=O. The molecule has 39 heteroatoms. The maximum absolute atomic E-state index is 13.9. The number of ether oxygens (including phenoxy) is 3. The highest BCUT2D eigenvalue weighted by Gasteiger charge is 2.26. The Kier molecular flexibility index (Phi) is 35.0. The van der Waals surface area contributed by atoms with Crippen LogP contribution in [0.4, 0.5) is 0 Å². The van der Waals surface area contributed by atoms with Crippen molar-refractivity contribution in [3.05, 3.63) is 0 Å². The van der Waals surface area contributed by atoms with Gasteiger partial charge in [-0.1, -0.05) is 0 Å². The average molecular weight is 1280 g/mol. The van der Waals surface area contributed by atoms with Crippen molar-refractivity contribution in [2.45, 2.75) is 18.1 Å². The molecule has 36 nitrogen and oxygen atoms in total. The minimum Gasteiger partial charge on any atom is -0.480 e. The summed E-state index contributed by atoms with van der Waals surface area (Å²) in [6.45, 7) is -6.86. The second-order valence-electron chi connectivity index (χ2n) is 18.4. The van der Waals surface area contributed by atoms with Crippen LogP contribution in [0.15, 0.2) is 0 Å². The van der Waals surface area contributed by atoms with Crippen molar-refractivity contribution < 1.29 is 96.0 Å². The number of thioether (sulfide) groups is 3. The predicted octanol–water partition coefficient (Wildman–Crippen LogP) is -11.7. The molecule has 3 saturated heterocycles. The lowest BCUT2D eigenvalue weighted by atomic mass is 10.3. The van der Waals surface area contributed by atoms with Gasteiger partial charge in [-0.05, 0) is 0 Å². The highest BCUT2D eigenvalue weighted by atomic mass is 32.2. The molecule has 0 spiro atoms. The molecule has 15 N–H and O–H groups in total. The normalized spacial score (nSPS) is 23.7. The van der Waals surface area contributed by atoms with Gasteiger partial charge in [0.1, 0.15) is 12.1 Å². The Hall–Kier alpha value is -7.59. The minimum atomic E-state index is -1.50. The summed E-state index contributed by atoms with van der Waals surface area (Å²) in [7, 11) is 0. The molecule has 480 valence electrons. The van der Waals surface area contributed by atoms with E-state index in [1.54, 1.807) is 0 Å². The Morgan fingerprint density at radius 2 is 0.640 bits per heavy atom. The Balaban J connectivity index is 1.93. The molecule has 0 radical (unpaired) electrons. The van der Waals surface area contributed by atoms with E-state index in [9.17, 15) is 81.8 Å². The van der Waals surface area contributed by atoms with Crippen molar-refractivity contribution in [2.75, 3.05) is 179 Å². The quantitative estimate of drug-likeness (QED) is 0.116. The number of carboxylic acid groups (broad SMARTS) is 1. The first-order valence-corrected chi connectivity index (χ1v) is 30.1. The van der Waals surface area contributed by atoms with E-state index in [-0.39, 0.29) is 113 Å². The van der Waals surface area contributed by atoms with Gasteiger partial charge in [0, 0.05) is 56.5 Å². The summed E-state index contributed by atoms with van der Waals surface area (Å²) in [5, 5.41) is 36.9. The number of carbonyl (C=O) groups is 16.